The van der Waals surface area contributed by atoms with Crippen molar-refractivity contribution in [2.24, 2.45) is 0 Å². The Kier molecular flexibility index (Phi) is 3.57. The summed E-state index contributed by atoms with van der Waals surface area (Å²) in [6, 6.07) is 13.0. The second-order valence-electron chi connectivity index (χ2n) is 3.91. The Hall–Kier alpha value is -2.36. The van der Waals surface area contributed by atoms with Crippen molar-refractivity contribution >= 4 is 5.97 Å². The molecule has 92 valence electrons. The zero-order chi connectivity index (χ0) is 13.0. The number of hydrogen-bond acceptors (Lipinski definition) is 3. The summed E-state index contributed by atoms with van der Waals surface area (Å²) < 4.78 is 6.38. The number of aromatic nitrogens is 1. The number of nitrogens with zero attached hydrogens (tertiary/aromatic N) is 1. The molecule has 18 heavy (non-hydrogen) atoms. The first-order valence-corrected chi connectivity index (χ1v) is 5.58. The van der Waals surface area contributed by atoms with Gasteiger partial charge in [-0.3, -0.25) is 5.41 Å². The number of carbonyl (C=O) groups is 1. The molecule has 0 amide bonds. The van der Waals surface area contributed by atoms with Gasteiger partial charge in [0.05, 0.1) is 12.7 Å². The van der Waals surface area contributed by atoms with Crippen molar-refractivity contribution in [1.82, 2.24) is 4.57 Å². The fraction of sp³-hybridized carbons (Fsp3) is 0.143. The zero-order valence-corrected chi connectivity index (χ0v) is 10.1. The number of benzene rings is 1. The monoisotopic (exact) mass is 242 g/mol. The van der Waals surface area contributed by atoms with Crippen LogP contribution in [0.2, 0.25) is 0 Å². The fourth-order valence-electron chi connectivity index (χ4n) is 1.69. The highest BCUT2D eigenvalue weighted by molar-refractivity contribution is 5.88. The van der Waals surface area contributed by atoms with E-state index in [0.29, 0.717) is 17.6 Å². The molecule has 4 heteroatoms. The van der Waals surface area contributed by atoms with Crippen molar-refractivity contribution < 1.29 is 9.53 Å². The molecule has 0 aliphatic carbocycles. The molecule has 0 unspecified atom stereocenters. The lowest BCUT2D eigenvalue weighted by Gasteiger charge is -2.08. The molecule has 1 aromatic heterocycles. The van der Waals surface area contributed by atoms with E-state index >= 15 is 0 Å². The van der Waals surface area contributed by atoms with Gasteiger partial charge in [0, 0.05) is 12.7 Å². The first-order chi connectivity index (χ1) is 8.70. The first kappa shape index (κ1) is 12.1. The van der Waals surface area contributed by atoms with Gasteiger partial charge < -0.3 is 9.30 Å². The summed E-state index contributed by atoms with van der Waals surface area (Å²) in [6.45, 7) is 0.560. The summed E-state index contributed by atoms with van der Waals surface area (Å²) in [4.78, 5) is 11.4. The highest BCUT2D eigenvalue weighted by Gasteiger charge is 2.06. The number of pyridine rings is 1. The molecule has 2 rings (SSSR count). The maximum absolute atomic E-state index is 11.4. The first-order valence-electron chi connectivity index (χ1n) is 5.58. The fourth-order valence-corrected chi connectivity index (χ4v) is 1.69. The van der Waals surface area contributed by atoms with Gasteiger partial charge in [-0.1, -0.05) is 30.3 Å². The average molecular weight is 242 g/mol. The molecule has 1 heterocycles. The van der Waals surface area contributed by atoms with E-state index in [1.807, 2.05) is 30.3 Å². The summed E-state index contributed by atoms with van der Waals surface area (Å²) in [5.74, 6) is -0.392. The lowest BCUT2D eigenvalue weighted by atomic mass is 10.2. The van der Waals surface area contributed by atoms with Crippen molar-refractivity contribution in [3.63, 3.8) is 0 Å². The van der Waals surface area contributed by atoms with Gasteiger partial charge in [0.2, 0.25) is 0 Å². The Bertz CT molecular complexity index is 603. The molecular weight excluding hydrogens is 228 g/mol. The molecule has 2 aromatic rings. The minimum atomic E-state index is -0.392. The average Bonchev–Trinajstić information content (AvgIpc) is 2.41. The van der Waals surface area contributed by atoms with Crippen molar-refractivity contribution in [3.05, 3.63) is 65.3 Å². The van der Waals surface area contributed by atoms with Gasteiger partial charge in [0.1, 0.15) is 5.49 Å². The molecule has 0 fully saturated rings. The van der Waals surface area contributed by atoms with Crippen LogP contribution in [-0.4, -0.2) is 17.6 Å². The van der Waals surface area contributed by atoms with Gasteiger partial charge in [-0.25, -0.2) is 4.79 Å². The summed E-state index contributed by atoms with van der Waals surface area (Å²) in [5.41, 5.74) is 1.88. The van der Waals surface area contributed by atoms with Crippen LogP contribution in [0.4, 0.5) is 0 Å². The highest BCUT2D eigenvalue weighted by atomic mass is 16.5. The van der Waals surface area contributed by atoms with Gasteiger partial charge in [-0.15, -0.1) is 0 Å². The Morgan fingerprint density at radius 2 is 1.94 bits per heavy atom. The number of rotatable bonds is 3. The molecule has 1 N–H and O–H groups in total. The molecular formula is C14H14N2O2. The van der Waals surface area contributed by atoms with Crippen LogP contribution in [0, 0.1) is 5.41 Å². The van der Waals surface area contributed by atoms with Gasteiger partial charge in [0.25, 0.3) is 0 Å². The van der Waals surface area contributed by atoms with Crippen LogP contribution in [0.15, 0.2) is 48.7 Å². The van der Waals surface area contributed by atoms with Gasteiger partial charge in [0.15, 0.2) is 0 Å². The number of hydrogen-bond donors (Lipinski definition) is 1. The Balaban J connectivity index is 2.33. The molecule has 0 atom stereocenters. The molecule has 0 aliphatic rings. The van der Waals surface area contributed by atoms with Gasteiger partial charge in [-0.2, -0.15) is 0 Å². The van der Waals surface area contributed by atoms with Gasteiger partial charge in [-0.05, 0) is 17.7 Å². The van der Waals surface area contributed by atoms with Crippen LogP contribution in [0.5, 0.6) is 0 Å². The maximum atomic E-state index is 11.4. The van der Waals surface area contributed by atoms with E-state index in [1.54, 1.807) is 22.9 Å². The maximum Gasteiger partial charge on any atom is 0.339 e. The molecule has 0 saturated carbocycles. The number of ether oxygens (including phenoxy) is 1. The van der Waals surface area contributed by atoms with Crippen molar-refractivity contribution in [2.75, 3.05) is 7.11 Å². The third-order valence-electron chi connectivity index (χ3n) is 2.64. The third kappa shape index (κ3) is 2.66. The Morgan fingerprint density at radius 1 is 1.22 bits per heavy atom. The van der Waals surface area contributed by atoms with E-state index in [-0.39, 0.29) is 0 Å². The van der Waals surface area contributed by atoms with E-state index in [0.717, 1.165) is 5.56 Å². The summed E-state index contributed by atoms with van der Waals surface area (Å²) in [6.07, 6.45) is 1.64. The molecule has 4 nitrogen and oxygen atoms in total. The van der Waals surface area contributed by atoms with E-state index in [4.69, 9.17) is 5.41 Å². The smallest absolute Gasteiger partial charge is 0.339 e. The van der Waals surface area contributed by atoms with Crippen LogP contribution >= 0.6 is 0 Å². The quantitative estimate of drug-likeness (QED) is 0.834. The third-order valence-corrected chi connectivity index (χ3v) is 2.64. The Morgan fingerprint density at radius 3 is 2.61 bits per heavy atom. The molecule has 0 radical (unpaired) electrons. The molecule has 0 bridgehead atoms. The molecule has 0 aliphatic heterocycles. The van der Waals surface area contributed by atoms with E-state index in [1.165, 1.54) is 7.11 Å². The van der Waals surface area contributed by atoms with Gasteiger partial charge >= 0.3 is 5.97 Å². The summed E-state index contributed by atoms with van der Waals surface area (Å²) in [7, 11) is 1.35. The summed E-state index contributed by atoms with van der Waals surface area (Å²) >= 11 is 0. The minimum absolute atomic E-state index is 0.353. The normalized spacial score (nSPS) is 10.1. The number of methoxy groups -OCH3 is 1. The zero-order valence-electron chi connectivity index (χ0n) is 10.1. The lowest BCUT2D eigenvalue weighted by Crippen LogP contribution is -2.21. The predicted molar refractivity (Wildman–Crippen MR) is 67.2 cm³/mol. The SMILES string of the molecule is COC(=O)c1ccc(=N)n(Cc2ccccc2)c1. The van der Waals surface area contributed by atoms with Crippen molar-refractivity contribution in [2.45, 2.75) is 6.54 Å². The number of carbonyl (C=O) groups excluding carboxylic acids is 1. The Labute approximate surface area is 105 Å². The number of esters is 1. The van der Waals surface area contributed by atoms with E-state index in [9.17, 15) is 4.79 Å². The lowest BCUT2D eigenvalue weighted by molar-refractivity contribution is 0.0599. The second-order valence-corrected chi connectivity index (χ2v) is 3.91. The molecule has 1 aromatic carbocycles. The van der Waals surface area contributed by atoms with E-state index in [2.05, 4.69) is 4.74 Å². The molecule has 0 spiro atoms. The van der Waals surface area contributed by atoms with Crippen LogP contribution in [-0.2, 0) is 11.3 Å². The standard InChI is InChI=1S/C14H14N2O2/c1-18-14(17)12-7-8-13(15)16(10-12)9-11-5-3-2-4-6-11/h2-8,10,15H,9H2,1H3. The van der Waals surface area contributed by atoms with Crippen LogP contribution in [0.25, 0.3) is 0 Å². The van der Waals surface area contributed by atoms with Crippen molar-refractivity contribution in [1.29, 1.82) is 5.41 Å². The topological polar surface area (TPSA) is 55.1 Å². The largest absolute Gasteiger partial charge is 0.465 e. The van der Waals surface area contributed by atoms with E-state index < -0.39 is 5.97 Å². The van der Waals surface area contributed by atoms with Crippen LogP contribution in [0.1, 0.15) is 15.9 Å². The predicted octanol–water partition coefficient (Wildman–Crippen LogP) is 1.80. The summed E-state index contributed by atoms with van der Waals surface area (Å²) in [5, 5.41) is 7.83. The van der Waals surface area contributed by atoms with Crippen molar-refractivity contribution in [3.8, 4) is 0 Å². The minimum Gasteiger partial charge on any atom is -0.465 e. The van der Waals surface area contributed by atoms with Crippen LogP contribution < -0.4 is 5.49 Å². The van der Waals surface area contributed by atoms with Crippen LogP contribution in [0.3, 0.4) is 0 Å². The second kappa shape index (κ2) is 5.31. The molecule has 0 saturated heterocycles. The highest BCUT2D eigenvalue weighted by Crippen LogP contribution is 2.03. The number of nitrogens with one attached hydrogen (secondary N) is 1.